The number of benzene rings is 1. The van der Waals surface area contributed by atoms with Gasteiger partial charge in [-0.15, -0.1) is 0 Å². The molecule has 1 atom stereocenters. The molecule has 0 saturated heterocycles. The predicted octanol–water partition coefficient (Wildman–Crippen LogP) is 1.22. The smallest absolute Gasteiger partial charge is 0.317 e. The van der Waals surface area contributed by atoms with Crippen molar-refractivity contribution in [1.29, 1.82) is 0 Å². The van der Waals surface area contributed by atoms with E-state index < -0.39 is 11.4 Å². The third-order valence-electron chi connectivity index (χ3n) is 2.53. The number of methoxy groups -OCH3 is 1. The highest BCUT2D eigenvalue weighted by Gasteiger charge is 2.34. The average molecular weight is 211 g/mol. The highest BCUT2D eigenvalue weighted by Crippen LogP contribution is 2.24. The molecular weight excluding hydrogens is 197 g/mol. The van der Waals surface area contributed by atoms with E-state index in [0.29, 0.717) is 5.56 Å². The zero-order chi connectivity index (χ0) is 11.5. The molecule has 15 heavy (non-hydrogen) atoms. The maximum absolute atomic E-state index is 12.7. The minimum atomic E-state index is -0.914. The Kier molecular flexibility index (Phi) is 3.42. The topological polar surface area (TPSA) is 52.3 Å². The third kappa shape index (κ3) is 2.15. The van der Waals surface area contributed by atoms with Crippen molar-refractivity contribution in [2.45, 2.75) is 12.3 Å². The van der Waals surface area contributed by atoms with E-state index >= 15 is 0 Å². The van der Waals surface area contributed by atoms with Crippen LogP contribution in [0.3, 0.4) is 0 Å². The van der Waals surface area contributed by atoms with Gasteiger partial charge in [0.15, 0.2) is 0 Å². The van der Waals surface area contributed by atoms with Crippen LogP contribution in [0.1, 0.15) is 12.5 Å². The van der Waals surface area contributed by atoms with Crippen LogP contribution in [-0.2, 0) is 14.9 Å². The van der Waals surface area contributed by atoms with Gasteiger partial charge in [0.05, 0.1) is 7.11 Å². The normalized spacial score (nSPS) is 14.4. The van der Waals surface area contributed by atoms with E-state index in [9.17, 15) is 9.18 Å². The molecule has 0 heterocycles. The second kappa shape index (κ2) is 4.40. The van der Waals surface area contributed by atoms with E-state index in [0.717, 1.165) is 0 Å². The van der Waals surface area contributed by atoms with Crippen LogP contribution in [0.2, 0.25) is 0 Å². The Morgan fingerprint density at radius 3 is 2.40 bits per heavy atom. The Hall–Kier alpha value is -1.42. The fourth-order valence-electron chi connectivity index (χ4n) is 1.36. The van der Waals surface area contributed by atoms with Gasteiger partial charge >= 0.3 is 5.97 Å². The van der Waals surface area contributed by atoms with Crippen LogP contribution < -0.4 is 5.73 Å². The molecule has 82 valence electrons. The number of ether oxygens (including phenoxy) is 1. The zero-order valence-electron chi connectivity index (χ0n) is 8.79. The first-order valence-corrected chi connectivity index (χ1v) is 4.59. The lowest BCUT2D eigenvalue weighted by molar-refractivity contribution is -0.146. The Morgan fingerprint density at radius 2 is 2.00 bits per heavy atom. The minimum Gasteiger partial charge on any atom is -0.468 e. The summed E-state index contributed by atoms with van der Waals surface area (Å²) in [7, 11) is 1.31. The summed E-state index contributed by atoms with van der Waals surface area (Å²) in [6.45, 7) is 1.79. The van der Waals surface area contributed by atoms with Gasteiger partial charge in [-0.2, -0.15) is 0 Å². The molecule has 0 aromatic heterocycles. The van der Waals surface area contributed by atoms with Crippen molar-refractivity contribution in [1.82, 2.24) is 0 Å². The fourth-order valence-corrected chi connectivity index (χ4v) is 1.36. The summed E-state index contributed by atoms with van der Waals surface area (Å²) >= 11 is 0. The first-order chi connectivity index (χ1) is 7.04. The number of hydrogen-bond donors (Lipinski definition) is 1. The van der Waals surface area contributed by atoms with Crippen molar-refractivity contribution in [2.24, 2.45) is 5.73 Å². The molecule has 1 rings (SSSR count). The minimum absolute atomic E-state index is 0.116. The van der Waals surface area contributed by atoms with E-state index in [4.69, 9.17) is 5.73 Å². The molecule has 0 aliphatic carbocycles. The molecular formula is C11H14FNO2. The molecule has 1 aromatic carbocycles. The Bertz CT molecular complexity index is 350. The van der Waals surface area contributed by atoms with Crippen LogP contribution in [0.15, 0.2) is 24.3 Å². The second-order valence-electron chi connectivity index (χ2n) is 3.53. The van der Waals surface area contributed by atoms with Gasteiger partial charge < -0.3 is 10.5 Å². The van der Waals surface area contributed by atoms with Crippen molar-refractivity contribution < 1.29 is 13.9 Å². The molecule has 2 N–H and O–H groups in total. The van der Waals surface area contributed by atoms with Gasteiger partial charge in [-0.25, -0.2) is 4.39 Å². The SMILES string of the molecule is COC(=O)[C@](C)(CN)c1ccc(F)cc1. The maximum Gasteiger partial charge on any atom is 0.317 e. The maximum atomic E-state index is 12.7. The van der Waals surface area contributed by atoms with Gasteiger partial charge in [0.25, 0.3) is 0 Å². The number of rotatable bonds is 3. The van der Waals surface area contributed by atoms with E-state index in [1.807, 2.05) is 0 Å². The molecule has 0 unspecified atom stereocenters. The molecule has 4 heteroatoms. The number of halogens is 1. The largest absolute Gasteiger partial charge is 0.468 e. The molecule has 0 amide bonds. The zero-order valence-corrected chi connectivity index (χ0v) is 8.79. The number of carbonyl (C=O) groups is 1. The first-order valence-electron chi connectivity index (χ1n) is 4.59. The number of esters is 1. The molecule has 0 spiro atoms. The van der Waals surface area contributed by atoms with Gasteiger partial charge in [0.1, 0.15) is 11.2 Å². The number of carbonyl (C=O) groups excluding carboxylic acids is 1. The van der Waals surface area contributed by atoms with E-state index in [-0.39, 0.29) is 12.4 Å². The highest BCUT2D eigenvalue weighted by molar-refractivity contribution is 5.82. The van der Waals surface area contributed by atoms with Crippen molar-refractivity contribution in [3.63, 3.8) is 0 Å². The van der Waals surface area contributed by atoms with Crippen molar-refractivity contribution in [2.75, 3.05) is 13.7 Å². The number of nitrogens with two attached hydrogens (primary N) is 1. The Labute approximate surface area is 88.0 Å². The Balaban J connectivity index is 3.11. The van der Waals surface area contributed by atoms with Crippen LogP contribution >= 0.6 is 0 Å². The van der Waals surface area contributed by atoms with Crippen LogP contribution in [0.4, 0.5) is 4.39 Å². The standard InChI is InChI=1S/C11H14FNO2/c1-11(7-13,10(14)15-2)8-3-5-9(12)6-4-8/h3-6H,7,13H2,1-2H3/t11-/m1/s1. The summed E-state index contributed by atoms with van der Waals surface area (Å²) in [4.78, 5) is 11.6. The lowest BCUT2D eigenvalue weighted by Gasteiger charge is -2.25. The number of hydrogen-bond acceptors (Lipinski definition) is 3. The summed E-state index contributed by atoms with van der Waals surface area (Å²) in [5, 5.41) is 0. The van der Waals surface area contributed by atoms with Gasteiger partial charge in [-0.1, -0.05) is 12.1 Å². The quantitative estimate of drug-likeness (QED) is 0.765. The van der Waals surface area contributed by atoms with E-state index in [1.165, 1.54) is 19.2 Å². The third-order valence-corrected chi connectivity index (χ3v) is 2.53. The lowest BCUT2D eigenvalue weighted by Crippen LogP contribution is -2.40. The van der Waals surface area contributed by atoms with E-state index in [2.05, 4.69) is 4.74 Å². The van der Waals surface area contributed by atoms with Crippen LogP contribution in [-0.4, -0.2) is 19.6 Å². The van der Waals surface area contributed by atoms with Crippen molar-refractivity contribution in [3.05, 3.63) is 35.6 Å². The molecule has 0 fully saturated rings. The molecule has 0 saturated carbocycles. The summed E-state index contributed by atoms with van der Waals surface area (Å²) in [6, 6.07) is 5.68. The van der Waals surface area contributed by atoms with Crippen LogP contribution in [0.25, 0.3) is 0 Å². The molecule has 3 nitrogen and oxygen atoms in total. The van der Waals surface area contributed by atoms with Crippen LogP contribution in [0.5, 0.6) is 0 Å². The van der Waals surface area contributed by atoms with Gasteiger partial charge in [-0.3, -0.25) is 4.79 Å². The summed E-state index contributed by atoms with van der Waals surface area (Å²) in [5.74, 6) is -0.764. The van der Waals surface area contributed by atoms with Crippen molar-refractivity contribution >= 4 is 5.97 Å². The molecule has 0 bridgehead atoms. The molecule has 0 aliphatic heterocycles. The molecule has 1 aromatic rings. The van der Waals surface area contributed by atoms with Crippen molar-refractivity contribution in [3.8, 4) is 0 Å². The van der Waals surface area contributed by atoms with Gasteiger partial charge in [-0.05, 0) is 24.6 Å². The second-order valence-corrected chi connectivity index (χ2v) is 3.53. The van der Waals surface area contributed by atoms with Crippen LogP contribution in [0, 0.1) is 5.82 Å². The molecule has 0 radical (unpaired) electrons. The fraction of sp³-hybridized carbons (Fsp3) is 0.364. The lowest BCUT2D eigenvalue weighted by atomic mass is 9.82. The monoisotopic (exact) mass is 211 g/mol. The summed E-state index contributed by atoms with van der Waals surface area (Å²) in [5.41, 5.74) is 5.30. The molecule has 0 aliphatic rings. The Morgan fingerprint density at radius 1 is 1.47 bits per heavy atom. The highest BCUT2D eigenvalue weighted by atomic mass is 19.1. The van der Waals surface area contributed by atoms with Gasteiger partial charge in [0.2, 0.25) is 0 Å². The summed E-state index contributed by atoms with van der Waals surface area (Å²) < 4.78 is 17.4. The summed E-state index contributed by atoms with van der Waals surface area (Å²) in [6.07, 6.45) is 0. The van der Waals surface area contributed by atoms with Gasteiger partial charge in [0, 0.05) is 6.54 Å². The van der Waals surface area contributed by atoms with E-state index in [1.54, 1.807) is 19.1 Å². The average Bonchev–Trinajstić information content (AvgIpc) is 2.27. The first kappa shape index (κ1) is 11.7. The predicted molar refractivity (Wildman–Crippen MR) is 54.8 cm³/mol.